The minimum atomic E-state index is -3.69. The monoisotopic (exact) mass is 401 g/mol. The van der Waals surface area contributed by atoms with Crippen molar-refractivity contribution in [3.8, 4) is 11.5 Å². The predicted octanol–water partition coefficient (Wildman–Crippen LogP) is 4.24. The molecule has 28 heavy (non-hydrogen) atoms. The second-order valence-corrected chi connectivity index (χ2v) is 8.03. The van der Waals surface area contributed by atoms with Crippen molar-refractivity contribution >= 4 is 15.7 Å². The highest BCUT2D eigenvalue weighted by molar-refractivity contribution is 7.92. The van der Waals surface area contributed by atoms with Gasteiger partial charge >= 0.3 is 0 Å². The van der Waals surface area contributed by atoms with Crippen molar-refractivity contribution in [3.63, 3.8) is 0 Å². The van der Waals surface area contributed by atoms with Crippen LogP contribution in [0.5, 0.6) is 11.5 Å². The summed E-state index contributed by atoms with van der Waals surface area (Å²) in [6.07, 6.45) is 0. The van der Waals surface area contributed by atoms with Crippen LogP contribution in [0.25, 0.3) is 0 Å². The SMILES string of the molecule is COc1ccc(S(=O)(=O)N(C)c2ccc(OCc3ccc(F)cc3)cc2)cc1. The first-order valence-electron chi connectivity index (χ1n) is 8.50. The predicted molar refractivity (Wildman–Crippen MR) is 106 cm³/mol. The van der Waals surface area contributed by atoms with Crippen molar-refractivity contribution in [3.05, 3.63) is 84.2 Å². The molecule has 0 radical (unpaired) electrons. The van der Waals surface area contributed by atoms with Gasteiger partial charge in [-0.3, -0.25) is 4.31 Å². The van der Waals surface area contributed by atoms with Crippen molar-refractivity contribution in [2.45, 2.75) is 11.5 Å². The molecule has 5 nitrogen and oxygen atoms in total. The molecule has 0 aliphatic carbocycles. The van der Waals surface area contributed by atoms with Gasteiger partial charge in [0, 0.05) is 7.05 Å². The van der Waals surface area contributed by atoms with Crippen LogP contribution in [0.2, 0.25) is 0 Å². The third-order valence-corrected chi connectivity index (χ3v) is 6.04. The van der Waals surface area contributed by atoms with Gasteiger partial charge in [-0.05, 0) is 66.2 Å². The van der Waals surface area contributed by atoms with E-state index in [0.29, 0.717) is 23.8 Å². The number of anilines is 1. The molecule has 3 aromatic rings. The normalized spacial score (nSPS) is 11.1. The first-order valence-corrected chi connectivity index (χ1v) is 9.94. The van der Waals surface area contributed by atoms with Crippen molar-refractivity contribution < 1.29 is 22.3 Å². The minimum absolute atomic E-state index is 0.174. The number of ether oxygens (including phenoxy) is 2. The van der Waals surface area contributed by atoms with Crippen LogP contribution in [-0.2, 0) is 16.6 Å². The molecule has 0 aromatic heterocycles. The average Bonchev–Trinajstić information content (AvgIpc) is 2.73. The van der Waals surface area contributed by atoms with Crippen LogP contribution in [0, 0.1) is 5.82 Å². The largest absolute Gasteiger partial charge is 0.497 e. The van der Waals surface area contributed by atoms with Crippen LogP contribution in [-0.4, -0.2) is 22.6 Å². The molecule has 7 heteroatoms. The van der Waals surface area contributed by atoms with Crippen molar-refractivity contribution in [1.29, 1.82) is 0 Å². The average molecular weight is 401 g/mol. The Morgan fingerprint density at radius 3 is 2.00 bits per heavy atom. The highest BCUT2D eigenvalue weighted by Gasteiger charge is 2.21. The summed E-state index contributed by atoms with van der Waals surface area (Å²) in [4.78, 5) is 0.174. The molecule has 0 N–H and O–H groups in total. The lowest BCUT2D eigenvalue weighted by atomic mass is 10.2. The zero-order valence-corrected chi connectivity index (χ0v) is 16.3. The van der Waals surface area contributed by atoms with Gasteiger partial charge in [-0.15, -0.1) is 0 Å². The van der Waals surface area contributed by atoms with Crippen LogP contribution >= 0.6 is 0 Å². The molecule has 0 aliphatic heterocycles. The number of nitrogens with zero attached hydrogens (tertiary/aromatic N) is 1. The maximum absolute atomic E-state index is 12.9. The zero-order valence-electron chi connectivity index (χ0n) is 15.5. The molecule has 0 fully saturated rings. The highest BCUT2D eigenvalue weighted by atomic mass is 32.2. The number of methoxy groups -OCH3 is 1. The fourth-order valence-electron chi connectivity index (χ4n) is 2.54. The van der Waals surface area contributed by atoms with Crippen molar-refractivity contribution in [1.82, 2.24) is 0 Å². The summed E-state index contributed by atoms with van der Waals surface area (Å²) in [5.74, 6) is 0.877. The molecule has 146 valence electrons. The van der Waals surface area contributed by atoms with Crippen LogP contribution in [0.3, 0.4) is 0 Å². The molecule has 0 unspecified atom stereocenters. The van der Waals surface area contributed by atoms with E-state index in [4.69, 9.17) is 9.47 Å². The van der Waals surface area contributed by atoms with Crippen LogP contribution < -0.4 is 13.8 Å². The van der Waals surface area contributed by atoms with E-state index in [2.05, 4.69) is 0 Å². The Labute approximate surface area is 164 Å². The molecular weight excluding hydrogens is 381 g/mol. The van der Waals surface area contributed by atoms with Gasteiger partial charge < -0.3 is 9.47 Å². The summed E-state index contributed by atoms with van der Waals surface area (Å²) >= 11 is 0. The smallest absolute Gasteiger partial charge is 0.264 e. The third-order valence-electron chi connectivity index (χ3n) is 4.24. The lowest BCUT2D eigenvalue weighted by molar-refractivity contribution is 0.306. The Kier molecular flexibility index (Phi) is 5.84. The van der Waals surface area contributed by atoms with Crippen LogP contribution in [0.15, 0.2) is 77.7 Å². The molecule has 3 aromatic carbocycles. The van der Waals surface area contributed by atoms with Crippen molar-refractivity contribution in [2.75, 3.05) is 18.5 Å². The van der Waals surface area contributed by atoms with E-state index < -0.39 is 10.0 Å². The summed E-state index contributed by atoms with van der Waals surface area (Å²) in [7, 11) is -0.671. The quantitative estimate of drug-likeness (QED) is 0.594. The molecule has 0 heterocycles. The molecule has 0 amide bonds. The number of rotatable bonds is 7. The van der Waals surface area contributed by atoms with Gasteiger partial charge in [0.1, 0.15) is 23.9 Å². The molecule has 0 aliphatic rings. The second kappa shape index (κ2) is 8.31. The number of hydrogen-bond donors (Lipinski definition) is 0. The van der Waals surface area contributed by atoms with Crippen LogP contribution in [0.1, 0.15) is 5.56 Å². The zero-order chi connectivity index (χ0) is 20.1. The highest BCUT2D eigenvalue weighted by Crippen LogP contribution is 2.25. The first-order chi connectivity index (χ1) is 13.4. The Morgan fingerprint density at radius 1 is 0.857 bits per heavy atom. The summed E-state index contributed by atoms with van der Waals surface area (Å²) < 4.78 is 50.4. The van der Waals surface area contributed by atoms with Gasteiger partial charge in [-0.2, -0.15) is 0 Å². The standard InChI is InChI=1S/C21H20FNO4S/c1-23(28(24,25)21-13-11-19(26-2)12-14-21)18-7-9-20(10-8-18)27-15-16-3-5-17(22)6-4-16/h3-14H,15H2,1-2H3. The third kappa shape index (κ3) is 4.43. The van der Waals surface area contributed by atoms with Gasteiger partial charge in [0.15, 0.2) is 0 Å². The van der Waals surface area contributed by atoms with Crippen LogP contribution in [0.4, 0.5) is 10.1 Å². The van der Waals surface area contributed by atoms with Gasteiger partial charge in [0.2, 0.25) is 0 Å². The number of hydrogen-bond acceptors (Lipinski definition) is 4. The lowest BCUT2D eigenvalue weighted by Crippen LogP contribution is -2.26. The maximum Gasteiger partial charge on any atom is 0.264 e. The first kappa shape index (κ1) is 19.7. The summed E-state index contributed by atoms with van der Waals surface area (Å²) in [5.41, 5.74) is 1.34. The van der Waals surface area contributed by atoms with E-state index in [1.807, 2.05) is 0 Å². The molecule has 0 atom stereocenters. The van der Waals surface area contributed by atoms with E-state index in [1.54, 1.807) is 48.5 Å². The maximum atomic E-state index is 12.9. The molecule has 0 saturated heterocycles. The molecule has 3 rings (SSSR count). The van der Waals surface area contributed by atoms with E-state index >= 15 is 0 Å². The minimum Gasteiger partial charge on any atom is -0.497 e. The molecule has 0 saturated carbocycles. The Balaban J connectivity index is 1.69. The number of halogens is 1. The fraction of sp³-hybridized carbons (Fsp3) is 0.143. The fourth-order valence-corrected chi connectivity index (χ4v) is 3.74. The number of benzene rings is 3. The Hall–Kier alpha value is -3.06. The summed E-state index contributed by atoms with van der Waals surface area (Å²) in [5, 5.41) is 0. The summed E-state index contributed by atoms with van der Waals surface area (Å²) in [6, 6.07) is 19.0. The Morgan fingerprint density at radius 2 is 1.43 bits per heavy atom. The van der Waals surface area contributed by atoms with Gasteiger partial charge in [-0.1, -0.05) is 12.1 Å². The lowest BCUT2D eigenvalue weighted by Gasteiger charge is -2.20. The Bertz CT molecular complexity index is 1020. The number of sulfonamides is 1. The van der Waals surface area contributed by atoms with E-state index in [-0.39, 0.29) is 10.7 Å². The van der Waals surface area contributed by atoms with E-state index in [1.165, 1.54) is 42.7 Å². The topological polar surface area (TPSA) is 55.8 Å². The second-order valence-electron chi connectivity index (χ2n) is 6.06. The van der Waals surface area contributed by atoms with Gasteiger partial charge in [0.05, 0.1) is 17.7 Å². The molecule has 0 spiro atoms. The molecule has 0 bridgehead atoms. The molecular formula is C21H20FNO4S. The van der Waals surface area contributed by atoms with Crippen molar-refractivity contribution in [2.24, 2.45) is 0 Å². The van der Waals surface area contributed by atoms with Gasteiger partial charge in [0.25, 0.3) is 10.0 Å². The van der Waals surface area contributed by atoms with E-state index in [9.17, 15) is 12.8 Å². The van der Waals surface area contributed by atoms with E-state index in [0.717, 1.165) is 5.56 Å². The van der Waals surface area contributed by atoms with Gasteiger partial charge in [-0.25, -0.2) is 12.8 Å². The summed E-state index contributed by atoms with van der Waals surface area (Å²) in [6.45, 7) is 0.291.